The summed E-state index contributed by atoms with van der Waals surface area (Å²) in [6, 6.07) is 6.02. The molecule has 1 saturated heterocycles. The van der Waals surface area contributed by atoms with Crippen LogP contribution in [0.3, 0.4) is 0 Å². The Morgan fingerprint density at radius 2 is 1.94 bits per heavy atom. The average Bonchev–Trinajstić information content (AvgIpc) is 2.81. The molecule has 94 valence electrons. The maximum atomic E-state index is 9.44. The van der Waals surface area contributed by atoms with E-state index in [4.69, 9.17) is 5.21 Å². The van der Waals surface area contributed by atoms with Crippen molar-refractivity contribution < 1.29 is 10.4 Å². The Balaban J connectivity index is 2.37. The highest BCUT2D eigenvalue weighted by Crippen LogP contribution is 2.33. The first-order valence-corrected chi connectivity index (χ1v) is 6.18. The topological polar surface area (TPSA) is 49.6 Å². The number of rotatable bonds is 3. The second-order valence-corrected chi connectivity index (χ2v) is 4.91. The van der Waals surface area contributed by atoms with E-state index in [1.807, 2.05) is 12.1 Å². The predicted molar refractivity (Wildman–Crippen MR) is 69.9 cm³/mol. The van der Waals surface area contributed by atoms with E-state index in [-0.39, 0.29) is 0 Å². The van der Waals surface area contributed by atoms with Crippen LogP contribution >= 0.6 is 0 Å². The summed E-state index contributed by atoms with van der Waals surface area (Å²) in [6.07, 6.45) is 2.38. The first kappa shape index (κ1) is 12.2. The summed E-state index contributed by atoms with van der Waals surface area (Å²) in [7, 11) is 0. The van der Waals surface area contributed by atoms with E-state index in [1.54, 1.807) is 0 Å². The zero-order chi connectivity index (χ0) is 12.4. The highest BCUT2D eigenvalue weighted by Gasteiger charge is 2.20. The summed E-state index contributed by atoms with van der Waals surface area (Å²) in [4.78, 5) is 2.23. The molecule has 1 aromatic carbocycles. The van der Waals surface area contributed by atoms with E-state index in [0.29, 0.717) is 16.8 Å². The van der Waals surface area contributed by atoms with Gasteiger partial charge in [-0.15, -0.1) is 0 Å². The van der Waals surface area contributed by atoms with Crippen LogP contribution in [0, 0.1) is 0 Å². The van der Waals surface area contributed by atoms with Gasteiger partial charge in [0.1, 0.15) is 0 Å². The van der Waals surface area contributed by atoms with Crippen molar-refractivity contribution >= 4 is 11.4 Å². The minimum atomic E-state index is 0.404. The number of hydrogen-bond acceptors (Lipinski definition) is 3. The van der Waals surface area contributed by atoms with Gasteiger partial charge in [-0.05, 0) is 41.7 Å². The average molecular weight is 237 g/mol. The summed E-state index contributed by atoms with van der Waals surface area (Å²) >= 11 is 0. The Labute approximate surface area is 102 Å². The van der Waals surface area contributed by atoms with Gasteiger partial charge < -0.3 is 4.90 Å². The molecule has 1 aliphatic heterocycles. The molecular formula is C13H21N2O2+. The van der Waals surface area contributed by atoms with Crippen molar-refractivity contribution in [2.24, 2.45) is 0 Å². The van der Waals surface area contributed by atoms with Crippen LogP contribution in [-0.2, 0) is 0 Å². The minimum Gasteiger partial charge on any atom is -0.370 e. The molecule has 0 atom stereocenters. The molecule has 0 amide bonds. The van der Waals surface area contributed by atoms with Gasteiger partial charge in [0.25, 0.3) is 0 Å². The lowest BCUT2D eigenvalue weighted by atomic mass is 10.0. The van der Waals surface area contributed by atoms with Gasteiger partial charge in [0.15, 0.2) is 5.69 Å². The molecule has 1 fully saturated rings. The van der Waals surface area contributed by atoms with Gasteiger partial charge in [-0.2, -0.15) is 0 Å². The molecule has 3 N–H and O–H groups in total. The maximum absolute atomic E-state index is 9.44. The van der Waals surface area contributed by atoms with E-state index < -0.39 is 0 Å². The van der Waals surface area contributed by atoms with Gasteiger partial charge in [-0.3, -0.25) is 5.21 Å². The van der Waals surface area contributed by atoms with E-state index in [2.05, 4.69) is 24.8 Å². The lowest BCUT2D eigenvalue weighted by Gasteiger charge is -2.22. The second-order valence-electron chi connectivity index (χ2n) is 4.91. The molecule has 4 heteroatoms. The van der Waals surface area contributed by atoms with Crippen molar-refractivity contribution in [3.05, 3.63) is 23.8 Å². The molecular weight excluding hydrogens is 216 g/mol. The summed E-state index contributed by atoms with van der Waals surface area (Å²) in [5.41, 5.74) is 2.69. The fourth-order valence-corrected chi connectivity index (χ4v) is 2.29. The number of anilines is 2. The van der Waals surface area contributed by atoms with Gasteiger partial charge in [0, 0.05) is 13.1 Å². The maximum Gasteiger partial charge on any atom is 0.165 e. The van der Waals surface area contributed by atoms with E-state index in [0.717, 1.165) is 24.3 Å². The fourth-order valence-electron chi connectivity index (χ4n) is 2.29. The minimum absolute atomic E-state index is 0.404. The number of hydrogen-bond donors (Lipinski definition) is 1. The van der Waals surface area contributed by atoms with Crippen molar-refractivity contribution in [2.45, 2.75) is 32.6 Å². The SMILES string of the molecule is CC(C)c1ccc(N2CCCC2)c(N(O)[OH2+])c1. The van der Waals surface area contributed by atoms with Crippen LogP contribution in [0.25, 0.3) is 0 Å². The largest absolute Gasteiger partial charge is 0.370 e. The van der Waals surface area contributed by atoms with Crippen LogP contribution in [0.5, 0.6) is 0 Å². The third kappa shape index (κ3) is 2.53. The summed E-state index contributed by atoms with van der Waals surface area (Å²) in [6.45, 7) is 6.25. The van der Waals surface area contributed by atoms with Gasteiger partial charge in [-0.25, -0.2) is 5.21 Å². The van der Waals surface area contributed by atoms with Gasteiger partial charge in [0.05, 0.1) is 5.69 Å². The lowest BCUT2D eigenvalue weighted by Crippen LogP contribution is -2.22. The van der Waals surface area contributed by atoms with Gasteiger partial charge in [-0.1, -0.05) is 19.9 Å². The monoisotopic (exact) mass is 237 g/mol. The Hall–Kier alpha value is -1.26. The van der Waals surface area contributed by atoms with Crippen molar-refractivity contribution in [3.63, 3.8) is 0 Å². The molecule has 1 heterocycles. The second kappa shape index (κ2) is 4.94. The van der Waals surface area contributed by atoms with Crippen LogP contribution in [0.1, 0.15) is 38.2 Å². The summed E-state index contributed by atoms with van der Waals surface area (Å²) < 4.78 is 0. The molecule has 0 spiro atoms. The first-order chi connectivity index (χ1) is 8.09. The quantitative estimate of drug-likeness (QED) is 0.648. The lowest BCUT2D eigenvalue weighted by molar-refractivity contribution is 0.0294. The van der Waals surface area contributed by atoms with Gasteiger partial charge in [0.2, 0.25) is 0 Å². The highest BCUT2D eigenvalue weighted by atomic mass is 16.8. The smallest absolute Gasteiger partial charge is 0.165 e. The zero-order valence-corrected chi connectivity index (χ0v) is 10.5. The summed E-state index contributed by atoms with van der Waals surface area (Å²) in [5, 5.41) is 17.4. The molecule has 0 aromatic heterocycles. The fraction of sp³-hybridized carbons (Fsp3) is 0.538. The molecule has 1 aromatic rings. The first-order valence-electron chi connectivity index (χ1n) is 6.18. The van der Waals surface area contributed by atoms with Gasteiger partial charge >= 0.3 is 0 Å². The normalized spacial score (nSPS) is 15.7. The zero-order valence-electron chi connectivity index (χ0n) is 10.5. The van der Waals surface area contributed by atoms with Crippen molar-refractivity contribution in [1.82, 2.24) is 0 Å². The molecule has 1 aliphatic rings. The molecule has 0 saturated carbocycles. The van der Waals surface area contributed by atoms with E-state index in [9.17, 15) is 5.21 Å². The van der Waals surface area contributed by atoms with Crippen LogP contribution in [0.15, 0.2) is 18.2 Å². The predicted octanol–water partition coefficient (Wildman–Crippen LogP) is 2.25. The van der Waals surface area contributed by atoms with Crippen LogP contribution in [0.4, 0.5) is 11.4 Å². The third-order valence-electron chi connectivity index (χ3n) is 3.34. The molecule has 0 aliphatic carbocycles. The molecule has 4 nitrogen and oxygen atoms in total. The molecule has 17 heavy (non-hydrogen) atoms. The third-order valence-corrected chi connectivity index (χ3v) is 3.34. The Kier molecular flexibility index (Phi) is 3.54. The number of nitrogens with zero attached hydrogens (tertiary/aromatic N) is 2. The highest BCUT2D eigenvalue weighted by molar-refractivity contribution is 5.70. The van der Waals surface area contributed by atoms with Crippen molar-refractivity contribution in [2.75, 3.05) is 23.2 Å². The molecule has 0 unspecified atom stereocenters. The van der Waals surface area contributed by atoms with E-state index in [1.165, 1.54) is 12.8 Å². The van der Waals surface area contributed by atoms with Crippen molar-refractivity contribution in [3.8, 4) is 0 Å². The molecule has 0 radical (unpaired) electrons. The molecule has 2 rings (SSSR count). The number of benzene rings is 1. The standard InChI is InChI=1S/C13H20N2O2/c1-10(2)11-5-6-12(13(9-11)15(16)17)14-7-3-4-8-14/h5-6,9-10,16-17H,3-4,7-8H2,1-2H3/p+1. The van der Waals surface area contributed by atoms with Crippen LogP contribution < -0.4 is 10.1 Å². The van der Waals surface area contributed by atoms with Crippen LogP contribution in [0.2, 0.25) is 0 Å². The van der Waals surface area contributed by atoms with Crippen LogP contribution in [-0.4, -0.2) is 23.5 Å². The Morgan fingerprint density at radius 1 is 1.29 bits per heavy atom. The van der Waals surface area contributed by atoms with Crippen molar-refractivity contribution in [1.29, 1.82) is 0 Å². The molecule has 0 bridgehead atoms. The Bertz CT molecular complexity index is 385. The Morgan fingerprint density at radius 3 is 2.47 bits per heavy atom. The summed E-state index contributed by atoms with van der Waals surface area (Å²) in [5.74, 6) is 0.404. The van der Waals surface area contributed by atoms with E-state index >= 15 is 0 Å².